The van der Waals surface area contributed by atoms with Crippen LogP contribution in [0, 0.1) is 11.3 Å². The zero-order chi connectivity index (χ0) is 51.3. The zero-order valence-electron chi connectivity index (χ0n) is 41.1. The van der Waals surface area contributed by atoms with Gasteiger partial charge in [-0.2, -0.15) is 0 Å². The first-order valence-corrected chi connectivity index (χ1v) is 26.6. The number of carbonyl (C=O) groups is 5. The SMILES string of the molecule is C=C[C@@H]1C[C@]1(NC(=O)[C@@H]1C[C@@H](Oc2cc(-c3csc(NC(C)C)n3)nc3cc(OCP(=O)(N[C@@H](C)C(=O)OCC)Oc4ccccc4)ccc23)CN1C(=O)[C@@H](NC(=O)OC1CCCC1)C(C)(C)C)C(=O)O. The van der Waals surface area contributed by atoms with Crippen LogP contribution < -0.4 is 35.0 Å². The van der Waals surface area contributed by atoms with Crippen molar-refractivity contribution >= 4 is 64.7 Å². The summed E-state index contributed by atoms with van der Waals surface area (Å²) in [5, 5.41) is 24.8. The van der Waals surface area contributed by atoms with Gasteiger partial charge in [-0.3, -0.25) is 18.9 Å². The van der Waals surface area contributed by atoms with Gasteiger partial charge in [0.05, 0.1) is 24.4 Å². The van der Waals surface area contributed by atoms with Gasteiger partial charge < -0.3 is 49.4 Å². The molecule has 1 saturated heterocycles. The van der Waals surface area contributed by atoms with E-state index in [0.29, 0.717) is 33.2 Å². The molecule has 4 aromatic rings. The Kier molecular flexibility index (Phi) is 16.3. The number of benzene rings is 2. The maximum Gasteiger partial charge on any atom is 0.408 e. The molecule has 0 bridgehead atoms. The monoisotopic (exact) mass is 1020 g/mol. The van der Waals surface area contributed by atoms with E-state index in [4.69, 9.17) is 33.4 Å². The Bertz CT molecular complexity index is 2660. The second-order valence-corrected chi connectivity index (χ2v) is 22.4. The molecule has 19 nitrogen and oxygen atoms in total. The van der Waals surface area contributed by atoms with Crippen molar-refractivity contribution in [3.05, 3.63) is 72.6 Å². The minimum Gasteiger partial charge on any atom is -0.488 e. The van der Waals surface area contributed by atoms with Crippen molar-refractivity contribution in [3.63, 3.8) is 0 Å². The molecule has 3 fully saturated rings. The molecule has 5 N–H and O–H groups in total. The van der Waals surface area contributed by atoms with Crippen LogP contribution in [0.2, 0.25) is 0 Å². The Balaban J connectivity index is 1.21. The summed E-state index contributed by atoms with van der Waals surface area (Å²) in [5.74, 6) is -2.74. The second kappa shape index (κ2) is 22.0. The van der Waals surface area contributed by atoms with Crippen molar-refractivity contribution in [1.29, 1.82) is 0 Å². The van der Waals surface area contributed by atoms with E-state index >= 15 is 0 Å². The number of esters is 1. The van der Waals surface area contributed by atoms with E-state index in [1.54, 1.807) is 82.3 Å². The number of aliphatic carboxylic acids is 1. The minimum absolute atomic E-state index is 0.0389. The highest BCUT2D eigenvalue weighted by atomic mass is 32.1. The Morgan fingerprint density at radius 2 is 1.73 bits per heavy atom. The summed E-state index contributed by atoms with van der Waals surface area (Å²) in [6, 6.07) is 11.9. The lowest BCUT2D eigenvalue weighted by Crippen LogP contribution is -2.59. The molecular formula is C50H64N7O12PS. The second-order valence-electron chi connectivity index (χ2n) is 19.5. The molecule has 382 valence electrons. The summed E-state index contributed by atoms with van der Waals surface area (Å²) in [6.07, 6.45) is 2.59. The van der Waals surface area contributed by atoms with Gasteiger partial charge in [0.25, 0.3) is 0 Å². The van der Waals surface area contributed by atoms with Crippen molar-refractivity contribution in [1.82, 2.24) is 30.6 Å². The summed E-state index contributed by atoms with van der Waals surface area (Å²) in [4.78, 5) is 78.7. The first-order valence-electron chi connectivity index (χ1n) is 23.9. The minimum atomic E-state index is -3.94. The number of thiazole rings is 1. The van der Waals surface area contributed by atoms with Crippen molar-refractivity contribution in [2.24, 2.45) is 11.3 Å². The number of carboxylic acid groups (broad SMARTS) is 1. The normalized spacial score (nSPS) is 21.6. The smallest absolute Gasteiger partial charge is 0.408 e. The molecule has 1 unspecified atom stereocenters. The Labute approximate surface area is 417 Å². The lowest BCUT2D eigenvalue weighted by atomic mass is 9.85. The molecule has 1 aliphatic heterocycles. The highest BCUT2D eigenvalue weighted by Gasteiger charge is 2.61. The molecular weight excluding hydrogens is 954 g/mol. The van der Waals surface area contributed by atoms with Crippen molar-refractivity contribution in [3.8, 4) is 28.6 Å². The van der Waals surface area contributed by atoms with E-state index in [1.165, 1.54) is 29.2 Å². The van der Waals surface area contributed by atoms with Crippen LogP contribution in [-0.2, 0) is 33.2 Å². The van der Waals surface area contributed by atoms with Crippen LogP contribution in [0.25, 0.3) is 22.3 Å². The molecule has 71 heavy (non-hydrogen) atoms. The maximum atomic E-state index is 14.8. The highest BCUT2D eigenvalue weighted by Crippen LogP contribution is 2.46. The number of anilines is 1. The number of carbonyl (C=O) groups excluding carboxylic acids is 4. The van der Waals surface area contributed by atoms with Crippen LogP contribution >= 0.6 is 18.9 Å². The van der Waals surface area contributed by atoms with Gasteiger partial charge in [0.15, 0.2) is 11.5 Å². The van der Waals surface area contributed by atoms with E-state index in [-0.39, 0.29) is 49.6 Å². The lowest BCUT2D eigenvalue weighted by Gasteiger charge is -2.35. The molecule has 2 aromatic carbocycles. The average molecular weight is 1020 g/mol. The zero-order valence-corrected chi connectivity index (χ0v) is 42.8. The standard InChI is InChI=1S/C50H64N7O12PS/c1-9-31-25-50(31,46(61)62)55-43(58)40-23-35(26-57(40)44(59)42(49(6,7)8)54-48(63)68-32-16-14-15-17-32)67-41-24-38(39-27-71-47(53-39)51-29(3)4)52-37-22-34(20-21-36(37)41)66-28-70(64,56-30(5)45(60)65-10-2)69-33-18-12-11-13-19-33/h9,11-13,18-22,24,27,29-32,35,40,42H,1,10,14-17,23,25-26,28H2,2-8H3,(H,51,53)(H,54,63)(H,55,58)(H,56,64)(H,61,62)/t30-,31+,35+,40-,42+,50+,70?/m0/s1. The number of para-hydroxylation sites is 1. The van der Waals surface area contributed by atoms with E-state index in [9.17, 15) is 33.6 Å². The summed E-state index contributed by atoms with van der Waals surface area (Å²) in [7, 11) is -3.94. The first-order chi connectivity index (χ1) is 33.7. The Morgan fingerprint density at radius 3 is 2.38 bits per heavy atom. The molecule has 2 aromatic heterocycles. The number of nitrogens with one attached hydrogen (secondary N) is 4. The number of fused-ring (bicyclic) bond motifs is 1. The lowest BCUT2D eigenvalue weighted by molar-refractivity contribution is -0.146. The number of alkyl carbamates (subject to hydrolysis) is 1. The van der Waals surface area contributed by atoms with Gasteiger partial charge >= 0.3 is 25.6 Å². The van der Waals surface area contributed by atoms with Gasteiger partial charge in [-0.15, -0.1) is 17.9 Å². The molecule has 3 amide bonds. The first kappa shape index (κ1) is 52.6. The van der Waals surface area contributed by atoms with Gasteiger partial charge in [0.1, 0.15) is 58.8 Å². The van der Waals surface area contributed by atoms with Crippen molar-refractivity contribution in [2.75, 3.05) is 24.8 Å². The number of carboxylic acids is 1. The van der Waals surface area contributed by atoms with Gasteiger partial charge in [-0.05, 0) is 89.5 Å². The molecule has 21 heteroatoms. The fourth-order valence-corrected chi connectivity index (χ4v) is 11.2. The van der Waals surface area contributed by atoms with Crippen molar-refractivity contribution in [2.45, 2.75) is 129 Å². The Hall–Kier alpha value is -6.24. The predicted molar refractivity (Wildman–Crippen MR) is 267 cm³/mol. The highest BCUT2D eigenvalue weighted by molar-refractivity contribution is 7.57. The van der Waals surface area contributed by atoms with Crippen LogP contribution in [0.1, 0.15) is 87.0 Å². The molecule has 7 atom stereocenters. The van der Waals surface area contributed by atoms with Crippen LogP contribution in [0.3, 0.4) is 0 Å². The van der Waals surface area contributed by atoms with Gasteiger partial charge in [-0.25, -0.2) is 24.6 Å². The predicted octanol–water partition coefficient (Wildman–Crippen LogP) is 7.91. The number of aromatic nitrogens is 2. The summed E-state index contributed by atoms with van der Waals surface area (Å²) in [5.41, 5.74) is -1.09. The number of rotatable bonds is 21. The van der Waals surface area contributed by atoms with E-state index in [2.05, 4.69) is 27.6 Å². The third kappa shape index (κ3) is 12.8. The third-order valence-corrected chi connectivity index (χ3v) is 15.0. The topological polar surface area (TPSA) is 246 Å². The number of likely N-dealkylation sites (tertiary alicyclic amines) is 1. The average Bonchev–Trinajstić information content (AvgIpc) is 3.72. The van der Waals surface area contributed by atoms with Gasteiger partial charge in [0.2, 0.25) is 11.8 Å². The van der Waals surface area contributed by atoms with Crippen LogP contribution in [0.15, 0.2) is 72.6 Å². The van der Waals surface area contributed by atoms with Crippen LogP contribution in [-0.4, -0.2) is 111 Å². The number of hydrogen-bond donors (Lipinski definition) is 5. The van der Waals surface area contributed by atoms with Crippen LogP contribution in [0.5, 0.6) is 17.2 Å². The molecule has 3 heterocycles. The van der Waals surface area contributed by atoms with Gasteiger partial charge in [0, 0.05) is 41.3 Å². The molecule has 2 saturated carbocycles. The number of hydrogen-bond acceptors (Lipinski definition) is 15. The van der Waals surface area contributed by atoms with E-state index in [0.717, 1.165) is 25.7 Å². The largest absolute Gasteiger partial charge is 0.488 e. The van der Waals surface area contributed by atoms with Crippen LogP contribution in [0.4, 0.5) is 9.93 Å². The Morgan fingerprint density at radius 1 is 1.00 bits per heavy atom. The van der Waals surface area contributed by atoms with Crippen molar-refractivity contribution < 1.29 is 57.1 Å². The fraction of sp³-hybridized carbons (Fsp3) is 0.500. The molecule has 7 rings (SSSR count). The summed E-state index contributed by atoms with van der Waals surface area (Å²) >= 11 is 1.39. The maximum absolute atomic E-state index is 14.8. The van der Waals surface area contributed by atoms with Gasteiger partial charge in [-0.1, -0.05) is 45.0 Å². The number of ether oxygens (including phenoxy) is 4. The van der Waals surface area contributed by atoms with E-state index in [1.807, 2.05) is 19.2 Å². The summed E-state index contributed by atoms with van der Waals surface area (Å²) < 4.78 is 44.1. The molecule has 0 spiro atoms. The molecule has 3 aliphatic rings. The molecule has 0 radical (unpaired) electrons. The number of amides is 3. The number of pyridine rings is 1. The third-order valence-electron chi connectivity index (χ3n) is 12.5. The fourth-order valence-electron chi connectivity index (χ4n) is 8.71. The number of nitrogens with zero attached hydrogens (tertiary/aromatic N) is 3. The van der Waals surface area contributed by atoms with E-state index < -0.39 is 84.8 Å². The quantitative estimate of drug-likeness (QED) is 0.0302. The molecule has 2 aliphatic carbocycles. The summed E-state index contributed by atoms with van der Waals surface area (Å²) in [6.45, 7) is 16.3.